The summed E-state index contributed by atoms with van der Waals surface area (Å²) in [5, 5.41) is 4.96. The van der Waals surface area contributed by atoms with E-state index in [1.807, 2.05) is 47.8 Å². The lowest BCUT2D eigenvalue weighted by atomic mass is 10.1. The number of benzene rings is 1. The molecular weight excluding hydrogens is 356 g/mol. The summed E-state index contributed by atoms with van der Waals surface area (Å²) in [7, 11) is -3.04. The van der Waals surface area contributed by atoms with Crippen molar-refractivity contribution in [2.75, 3.05) is 18.1 Å². The third-order valence-electron chi connectivity index (χ3n) is 4.33. The summed E-state index contributed by atoms with van der Waals surface area (Å²) >= 11 is 1.67. The van der Waals surface area contributed by atoms with E-state index in [0.29, 0.717) is 19.5 Å². The van der Waals surface area contributed by atoms with Crippen LogP contribution >= 0.6 is 11.3 Å². The van der Waals surface area contributed by atoms with E-state index in [2.05, 4.69) is 5.32 Å². The maximum Gasteiger partial charge on any atom is 0.317 e. The number of rotatable bonds is 6. The number of urea groups is 1. The Morgan fingerprint density at radius 3 is 2.64 bits per heavy atom. The molecule has 0 unspecified atom stereocenters. The van der Waals surface area contributed by atoms with Crippen molar-refractivity contribution in [1.29, 1.82) is 0 Å². The zero-order valence-corrected chi connectivity index (χ0v) is 15.6. The van der Waals surface area contributed by atoms with Gasteiger partial charge in [-0.1, -0.05) is 36.4 Å². The molecule has 1 aromatic carbocycles. The van der Waals surface area contributed by atoms with E-state index in [0.717, 1.165) is 12.0 Å². The smallest absolute Gasteiger partial charge is 0.317 e. The van der Waals surface area contributed by atoms with Gasteiger partial charge in [-0.2, -0.15) is 0 Å². The maximum atomic E-state index is 12.7. The van der Waals surface area contributed by atoms with Crippen molar-refractivity contribution < 1.29 is 13.2 Å². The molecule has 2 heterocycles. The third-order valence-corrected chi connectivity index (χ3v) is 7.02. The van der Waals surface area contributed by atoms with Gasteiger partial charge in [-0.15, -0.1) is 11.3 Å². The molecule has 1 N–H and O–H groups in total. The van der Waals surface area contributed by atoms with E-state index in [1.54, 1.807) is 16.2 Å². The summed E-state index contributed by atoms with van der Waals surface area (Å²) in [5.74, 6) is 0.212. The minimum Gasteiger partial charge on any atom is -0.338 e. The Bertz CT molecular complexity index is 789. The van der Waals surface area contributed by atoms with Crippen LogP contribution < -0.4 is 5.32 Å². The van der Waals surface area contributed by atoms with Crippen LogP contribution in [0.3, 0.4) is 0 Å². The average Bonchev–Trinajstić information content (AvgIpc) is 3.23. The summed E-state index contributed by atoms with van der Waals surface area (Å²) in [5.41, 5.74) is 1.00. The van der Waals surface area contributed by atoms with Crippen molar-refractivity contribution in [3.05, 3.63) is 58.3 Å². The summed E-state index contributed by atoms with van der Waals surface area (Å²) < 4.78 is 23.7. The predicted molar refractivity (Wildman–Crippen MR) is 100 cm³/mol. The number of nitrogens with zero attached hydrogens (tertiary/aromatic N) is 1. The van der Waals surface area contributed by atoms with Crippen molar-refractivity contribution in [3.8, 4) is 0 Å². The number of hydrogen-bond acceptors (Lipinski definition) is 4. The first-order valence-electron chi connectivity index (χ1n) is 8.35. The Morgan fingerprint density at radius 2 is 2.00 bits per heavy atom. The van der Waals surface area contributed by atoms with Crippen molar-refractivity contribution in [3.63, 3.8) is 0 Å². The topological polar surface area (TPSA) is 66.5 Å². The first-order chi connectivity index (χ1) is 12.0. The van der Waals surface area contributed by atoms with Gasteiger partial charge in [-0.25, -0.2) is 13.2 Å². The van der Waals surface area contributed by atoms with Crippen LogP contribution in [0.5, 0.6) is 0 Å². The van der Waals surface area contributed by atoms with Gasteiger partial charge in [0.15, 0.2) is 9.84 Å². The molecule has 1 aliphatic rings. The molecule has 1 fully saturated rings. The first-order valence-corrected chi connectivity index (χ1v) is 11.0. The molecule has 134 valence electrons. The van der Waals surface area contributed by atoms with Gasteiger partial charge in [0.2, 0.25) is 0 Å². The van der Waals surface area contributed by atoms with Gasteiger partial charge < -0.3 is 10.2 Å². The minimum absolute atomic E-state index is 0.0537. The highest BCUT2D eigenvalue weighted by molar-refractivity contribution is 7.91. The summed E-state index contributed by atoms with van der Waals surface area (Å²) in [6.45, 7) is 0.968. The summed E-state index contributed by atoms with van der Waals surface area (Å²) in [6.07, 6.45) is 1.29. The first kappa shape index (κ1) is 17.9. The minimum atomic E-state index is -3.04. The van der Waals surface area contributed by atoms with Crippen LogP contribution in [0.4, 0.5) is 4.79 Å². The second-order valence-electron chi connectivity index (χ2n) is 6.23. The largest absolute Gasteiger partial charge is 0.338 e. The van der Waals surface area contributed by atoms with Crippen LogP contribution in [-0.2, 0) is 22.8 Å². The fourth-order valence-corrected chi connectivity index (χ4v) is 5.46. The number of carbonyl (C=O) groups is 1. The van der Waals surface area contributed by atoms with Gasteiger partial charge in [0.05, 0.1) is 11.5 Å². The monoisotopic (exact) mass is 378 g/mol. The Hall–Kier alpha value is -1.86. The Morgan fingerprint density at radius 1 is 1.20 bits per heavy atom. The quantitative estimate of drug-likeness (QED) is 0.840. The lowest BCUT2D eigenvalue weighted by Crippen LogP contribution is -2.46. The lowest BCUT2D eigenvalue weighted by Gasteiger charge is -2.28. The second-order valence-corrected chi connectivity index (χ2v) is 9.49. The molecular formula is C18H22N2O3S2. The van der Waals surface area contributed by atoms with Crippen LogP contribution in [-0.4, -0.2) is 43.4 Å². The standard InChI is InChI=1S/C18H22N2O3S2/c21-18(19-10-8-17-7-4-11-24-17)20(13-15-5-2-1-3-6-15)16-9-12-25(22,23)14-16/h1-7,11,16H,8-10,12-14H2,(H,19,21)/t16-/m0/s1. The average molecular weight is 379 g/mol. The molecule has 0 radical (unpaired) electrons. The molecule has 1 aliphatic heterocycles. The molecule has 0 bridgehead atoms. The molecule has 2 aromatic rings. The molecule has 0 spiro atoms. The lowest BCUT2D eigenvalue weighted by molar-refractivity contribution is 0.176. The van der Waals surface area contributed by atoms with Crippen molar-refractivity contribution >= 4 is 27.2 Å². The molecule has 1 saturated heterocycles. The van der Waals surface area contributed by atoms with Crippen LogP contribution in [0.15, 0.2) is 47.8 Å². The highest BCUT2D eigenvalue weighted by Crippen LogP contribution is 2.20. The second kappa shape index (κ2) is 8.01. The number of carbonyl (C=O) groups excluding carboxylic acids is 1. The van der Waals surface area contributed by atoms with Gasteiger partial charge in [0.25, 0.3) is 0 Å². The predicted octanol–water partition coefficient (Wildman–Crippen LogP) is 2.69. The van der Waals surface area contributed by atoms with Gasteiger partial charge >= 0.3 is 6.03 Å². The number of hydrogen-bond donors (Lipinski definition) is 1. The highest BCUT2D eigenvalue weighted by Gasteiger charge is 2.34. The normalized spacial score (nSPS) is 18.8. The fourth-order valence-electron chi connectivity index (χ4n) is 3.02. The van der Waals surface area contributed by atoms with Gasteiger partial charge in [0, 0.05) is 24.0 Å². The molecule has 5 nitrogen and oxygen atoms in total. The van der Waals surface area contributed by atoms with Crippen LogP contribution in [0.2, 0.25) is 0 Å². The Labute approximate surface area is 152 Å². The number of thiophene rings is 1. The molecule has 1 atom stereocenters. The zero-order chi connectivity index (χ0) is 17.7. The van der Waals surface area contributed by atoms with Crippen LogP contribution in [0.1, 0.15) is 16.9 Å². The van der Waals surface area contributed by atoms with Gasteiger partial charge in [-0.05, 0) is 29.9 Å². The van der Waals surface area contributed by atoms with E-state index in [9.17, 15) is 13.2 Å². The third kappa shape index (κ3) is 5.06. The Balaban J connectivity index is 1.65. The van der Waals surface area contributed by atoms with E-state index >= 15 is 0 Å². The number of amides is 2. The van der Waals surface area contributed by atoms with Crippen LogP contribution in [0.25, 0.3) is 0 Å². The fraction of sp³-hybridized carbons (Fsp3) is 0.389. The molecule has 25 heavy (non-hydrogen) atoms. The molecule has 2 amide bonds. The van der Waals surface area contributed by atoms with E-state index in [-0.39, 0.29) is 23.6 Å². The van der Waals surface area contributed by atoms with Gasteiger partial charge in [0.1, 0.15) is 0 Å². The molecule has 3 rings (SSSR count). The highest BCUT2D eigenvalue weighted by atomic mass is 32.2. The van der Waals surface area contributed by atoms with Crippen molar-refractivity contribution in [2.24, 2.45) is 0 Å². The number of nitrogens with one attached hydrogen (secondary N) is 1. The van der Waals surface area contributed by atoms with Gasteiger partial charge in [-0.3, -0.25) is 0 Å². The number of sulfone groups is 1. The zero-order valence-electron chi connectivity index (χ0n) is 13.9. The van der Waals surface area contributed by atoms with Crippen molar-refractivity contribution in [1.82, 2.24) is 10.2 Å². The molecule has 0 saturated carbocycles. The molecule has 1 aromatic heterocycles. The van der Waals surface area contributed by atoms with E-state index < -0.39 is 9.84 Å². The van der Waals surface area contributed by atoms with E-state index in [1.165, 1.54) is 4.88 Å². The Kier molecular flexibility index (Phi) is 5.75. The maximum absolute atomic E-state index is 12.7. The van der Waals surface area contributed by atoms with Crippen LogP contribution in [0, 0.1) is 0 Å². The SMILES string of the molecule is O=C(NCCc1cccs1)N(Cc1ccccc1)[C@H]1CCS(=O)(=O)C1. The summed E-state index contributed by atoms with van der Waals surface area (Å²) in [4.78, 5) is 15.6. The van der Waals surface area contributed by atoms with Crippen molar-refractivity contribution in [2.45, 2.75) is 25.4 Å². The molecule has 0 aliphatic carbocycles. The van der Waals surface area contributed by atoms with E-state index in [4.69, 9.17) is 0 Å². The molecule has 7 heteroatoms. The summed E-state index contributed by atoms with van der Waals surface area (Å²) in [6, 6.07) is 13.3.